The van der Waals surface area contributed by atoms with Crippen LogP contribution in [0.25, 0.3) is 0 Å². The predicted molar refractivity (Wildman–Crippen MR) is 48.2 cm³/mol. The van der Waals surface area contributed by atoms with E-state index in [1.54, 1.807) is 0 Å². The van der Waals surface area contributed by atoms with Gasteiger partial charge in [-0.05, 0) is 24.6 Å². The smallest absolute Gasteiger partial charge is 0.387 e. The third kappa shape index (κ3) is 3.43. The second kappa shape index (κ2) is 5.02. The Morgan fingerprint density at radius 2 is 2.00 bits per heavy atom. The molecule has 1 N–H and O–H groups in total. The number of ether oxygens (including phenoxy) is 1. The Morgan fingerprint density at radius 1 is 1.33 bits per heavy atom. The Labute approximate surface area is 85.3 Å². The molecular formula is C10H10F3O2. The van der Waals surface area contributed by atoms with E-state index in [4.69, 9.17) is 5.11 Å². The van der Waals surface area contributed by atoms with Crippen LogP contribution in [-0.2, 0) is 0 Å². The highest BCUT2D eigenvalue weighted by Crippen LogP contribution is 2.23. The molecule has 2 nitrogen and oxygen atoms in total. The zero-order valence-corrected chi connectivity index (χ0v) is 7.79. The summed E-state index contributed by atoms with van der Waals surface area (Å²) in [5.74, 6) is -1.55. The van der Waals surface area contributed by atoms with E-state index in [9.17, 15) is 13.2 Å². The molecule has 15 heavy (non-hydrogen) atoms. The molecule has 0 aliphatic heterocycles. The second-order valence-electron chi connectivity index (χ2n) is 2.98. The first-order chi connectivity index (χ1) is 7.02. The zero-order valence-electron chi connectivity index (χ0n) is 7.79. The number of rotatable bonds is 4. The molecule has 0 aliphatic rings. The fourth-order valence-corrected chi connectivity index (χ4v) is 1.10. The van der Waals surface area contributed by atoms with Crippen molar-refractivity contribution in [1.82, 2.24) is 0 Å². The summed E-state index contributed by atoms with van der Waals surface area (Å²) in [7, 11) is 0. The SMILES string of the molecule is [CH2]C(CO)c1cc(F)cc(OC(F)F)c1. The summed E-state index contributed by atoms with van der Waals surface area (Å²) >= 11 is 0. The average molecular weight is 219 g/mol. The molecule has 0 heterocycles. The van der Waals surface area contributed by atoms with Crippen molar-refractivity contribution in [3.63, 3.8) is 0 Å². The summed E-state index contributed by atoms with van der Waals surface area (Å²) < 4.78 is 40.7. The Hall–Kier alpha value is -1.23. The van der Waals surface area contributed by atoms with E-state index >= 15 is 0 Å². The lowest BCUT2D eigenvalue weighted by Crippen LogP contribution is -2.05. The molecule has 83 valence electrons. The van der Waals surface area contributed by atoms with Crippen LogP contribution in [0.15, 0.2) is 18.2 Å². The van der Waals surface area contributed by atoms with Gasteiger partial charge in [0.25, 0.3) is 0 Å². The van der Waals surface area contributed by atoms with Crippen LogP contribution in [0.4, 0.5) is 13.2 Å². The molecule has 0 bridgehead atoms. The van der Waals surface area contributed by atoms with Gasteiger partial charge in [-0.2, -0.15) is 8.78 Å². The molecule has 1 unspecified atom stereocenters. The van der Waals surface area contributed by atoms with Crippen LogP contribution in [0, 0.1) is 12.7 Å². The number of benzene rings is 1. The number of hydrogen-bond acceptors (Lipinski definition) is 2. The monoisotopic (exact) mass is 219 g/mol. The number of aliphatic hydroxyl groups is 1. The molecule has 0 fully saturated rings. The van der Waals surface area contributed by atoms with Crippen molar-refractivity contribution in [2.24, 2.45) is 0 Å². The minimum atomic E-state index is -3.00. The summed E-state index contributed by atoms with van der Waals surface area (Å²) in [6.07, 6.45) is 0. The van der Waals surface area contributed by atoms with Gasteiger partial charge in [-0.15, -0.1) is 0 Å². The van der Waals surface area contributed by atoms with Crippen LogP contribution in [0.1, 0.15) is 11.5 Å². The van der Waals surface area contributed by atoms with Crippen LogP contribution in [0.2, 0.25) is 0 Å². The van der Waals surface area contributed by atoms with Crippen molar-refractivity contribution in [3.05, 3.63) is 36.5 Å². The summed E-state index contributed by atoms with van der Waals surface area (Å²) in [6.45, 7) is 0.232. The minimum Gasteiger partial charge on any atom is -0.435 e. The molecule has 0 saturated carbocycles. The molecular weight excluding hydrogens is 209 g/mol. The highest BCUT2D eigenvalue weighted by atomic mass is 19.3. The van der Waals surface area contributed by atoms with Crippen molar-refractivity contribution in [2.75, 3.05) is 6.61 Å². The molecule has 1 radical (unpaired) electrons. The van der Waals surface area contributed by atoms with Crippen LogP contribution in [0.5, 0.6) is 5.75 Å². The average Bonchev–Trinajstić information content (AvgIpc) is 2.14. The van der Waals surface area contributed by atoms with Gasteiger partial charge in [0.15, 0.2) is 0 Å². The lowest BCUT2D eigenvalue weighted by Gasteiger charge is -2.11. The van der Waals surface area contributed by atoms with Gasteiger partial charge in [-0.3, -0.25) is 0 Å². The minimum absolute atomic E-state index is 0.276. The maximum Gasteiger partial charge on any atom is 0.387 e. The van der Waals surface area contributed by atoms with Gasteiger partial charge >= 0.3 is 6.61 Å². The van der Waals surface area contributed by atoms with Crippen LogP contribution >= 0.6 is 0 Å². The largest absolute Gasteiger partial charge is 0.435 e. The van der Waals surface area contributed by atoms with E-state index in [-0.39, 0.29) is 12.4 Å². The van der Waals surface area contributed by atoms with Crippen molar-refractivity contribution in [2.45, 2.75) is 12.5 Å². The maximum atomic E-state index is 12.9. The van der Waals surface area contributed by atoms with E-state index in [1.165, 1.54) is 6.07 Å². The topological polar surface area (TPSA) is 29.5 Å². The predicted octanol–water partition coefficient (Wildman–Crippen LogP) is 2.34. The Bertz CT molecular complexity index is 328. The third-order valence-electron chi connectivity index (χ3n) is 1.81. The number of aliphatic hydroxyl groups excluding tert-OH is 1. The van der Waals surface area contributed by atoms with Gasteiger partial charge in [0.2, 0.25) is 0 Å². The molecule has 1 aromatic rings. The van der Waals surface area contributed by atoms with Gasteiger partial charge in [0.1, 0.15) is 11.6 Å². The fourth-order valence-electron chi connectivity index (χ4n) is 1.10. The number of halogens is 3. The zero-order chi connectivity index (χ0) is 11.4. The van der Waals surface area contributed by atoms with Gasteiger partial charge < -0.3 is 9.84 Å². The Kier molecular flexibility index (Phi) is 3.96. The molecule has 5 heteroatoms. The molecule has 0 aliphatic carbocycles. The first-order valence-corrected chi connectivity index (χ1v) is 4.22. The fraction of sp³-hybridized carbons (Fsp3) is 0.300. The van der Waals surface area contributed by atoms with Crippen molar-refractivity contribution < 1.29 is 23.0 Å². The van der Waals surface area contributed by atoms with Crippen LogP contribution in [0.3, 0.4) is 0 Å². The van der Waals surface area contributed by atoms with Gasteiger partial charge in [0.05, 0.1) is 0 Å². The first-order valence-electron chi connectivity index (χ1n) is 4.22. The van der Waals surface area contributed by atoms with Gasteiger partial charge in [-0.1, -0.05) is 0 Å². The maximum absolute atomic E-state index is 12.9. The van der Waals surface area contributed by atoms with E-state index < -0.39 is 18.3 Å². The van der Waals surface area contributed by atoms with Crippen molar-refractivity contribution >= 4 is 0 Å². The third-order valence-corrected chi connectivity index (χ3v) is 1.81. The van der Waals surface area contributed by atoms with Crippen LogP contribution in [-0.4, -0.2) is 18.3 Å². The van der Waals surface area contributed by atoms with E-state index in [0.717, 1.165) is 12.1 Å². The van der Waals surface area contributed by atoms with E-state index in [1.807, 2.05) is 0 Å². The Morgan fingerprint density at radius 3 is 2.53 bits per heavy atom. The first kappa shape index (κ1) is 11.8. The second-order valence-corrected chi connectivity index (χ2v) is 2.98. The normalized spacial score (nSPS) is 12.9. The molecule has 1 atom stereocenters. The van der Waals surface area contributed by atoms with Crippen molar-refractivity contribution in [3.8, 4) is 5.75 Å². The highest BCUT2D eigenvalue weighted by Gasteiger charge is 2.11. The molecule has 1 rings (SSSR count). The van der Waals surface area contributed by atoms with Gasteiger partial charge in [0, 0.05) is 18.6 Å². The number of alkyl halides is 2. The Balaban J connectivity index is 2.94. The van der Waals surface area contributed by atoms with E-state index in [0.29, 0.717) is 5.56 Å². The lowest BCUT2D eigenvalue weighted by molar-refractivity contribution is -0.0500. The highest BCUT2D eigenvalue weighted by molar-refractivity contribution is 5.32. The standard InChI is InChI=1S/C10H10F3O2/c1-6(5-14)7-2-8(11)4-9(3-7)15-10(12)13/h2-4,6,10,14H,1,5H2. The quantitative estimate of drug-likeness (QED) is 0.842. The molecule has 0 amide bonds. The molecule has 0 saturated heterocycles. The van der Waals surface area contributed by atoms with Crippen LogP contribution < -0.4 is 4.74 Å². The lowest BCUT2D eigenvalue weighted by atomic mass is 10.0. The summed E-state index contributed by atoms with van der Waals surface area (Å²) in [4.78, 5) is 0. The summed E-state index contributed by atoms with van der Waals surface area (Å²) in [5, 5.41) is 8.78. The van der Waals surface area contributed by atoms with E-state index in [2.05, 4.69) is 11.7 Å². The molecule has 1 aromatic carbocycles. The van der Waals surface area contributed by atoms with Crippen molar-refractivity contribution in [1.29, 1.82) is 0 Å². The van der Waals surface area contributed by atoms with Gasteiger partial charge in [-0.25, -0.2) is 4.39 Å². The summed E-state index contributed by atoms with van der Waals surface area (Å²) in [5.41, 5.74) is 0.313. The molecule has 0 spiro atoms. The number of hydrogen-bond donors (Lipinski definition) is 1. The summed E-state index contributed by atoms with van der Waals surface area (Å²) in [6, 6.07) is 3.19. The molecule has 0 aromatic heterocycles.